The third-order valence-corrected chi connectivity index (χ3v) is 6.35. The van der Waals surface area contributed by atoms with Crippen LogP contribution in [0, 0.1) is 20.2 Å². The fourth-order valence-electron chi connectivity index (χ4n) is 4.13. The number of aliphatic imine (C=N–C) groups is 2. The Labute approximate surface area is 252 Å². The lowest BCUT2D eigenvalue weighted by atomic mass is 10.1. The number of hydrogen-bond donors (Lipinski definition) is 0. The van der Waals surface area contributed by atoms with Crippen LogP contribution < -0.4 is 9.47 Å². The molecular weight excluding hydrogens is 560 g/mol. The second-order valence-electron chi connectivity index (χ2n) is 9.60. The summed E-state index contributed by atoms with van der Waals surface area (Å²) in [7, 11) is 0. The number of benzene rings is 5. The highest BCUT2D eigenvalue weighted by molar-refractivity contribution is 5.80. The van der Waals surface area contributed by atoms with Gasteiger partial charge >= 0.3 is 0 Å². The van der Waals surface area contributed by atoms with E-state index in [4.69, 9.17) is 9.47 Å². The van der Waals surface area contributed by atoms with Crippen LogP contribution in [0.15, 0.2) is 131 Å². The van der Waals surface area contributed by atoms with Gasteiger partial charge in [-0.25, -0.2) is 0 Å². The Kier molecular flexibility index (Phi) is 9.43. The zero-order valence-corrected chi connectivity index (χ0v) is 23.4. The number of hydrogen-bond acceptors (Lipinski definition) is 8. The number of nitro groups is 2. The van der Waals surface area contributed by atoms with Crippen molar-refractivity contribution in [2.75, 3.05) is 0 Å². The van der Waals surface area contributed by atoms with Crippen molar-refractivity contribution < 1.29 is 19.3 Å². The molecule has 0 fully saturated rings. The Morgan fingerprint density at radius 2 is 0.864 bits per heavy atom. The van der Waals surface area contributed by atoms with Crippen molar-refractivity contribution >= 4 is 23.8 Å². The molecule has 0 saturated heterocycles. The Balaban J connectivity index is 1.09. The summed E-state index contributed by atoms with van der Waals surface area (Å²) in [6, 6.07) is 34.8. The first-order valence-corrected chi connectivity index (χ1v) is 13.5. The third kappa shape index (κ3) is 8.43. The molecule has 0 aliphatic rings. The standard InChI is InChI=1S/C34H26N4O6/c39-37(40)29-8-16-33(17-9-29)43-31-12-4-25(5-13-31)21-35-23-27-2-1-3-28(20-27)24-36-22-26-6-14-32(15-7-26)44-34-18-10-30(11-19-34)38(41)42/h1-22H,23-24H2. The van der Waals surface area contributed by atoms with E-state index in [-0.39, 0.29) is 11.4 Å². The molecule has 5 aromatic rings. The van der Waals surface area contributed by atoms with E-state index in [1.807, 2.05) is 66.7 Å². The monoisotopic (exact) mass is 586 g/mol. The van der Waals surface area contributed by atoms with Crippen LogP contribution in [-0.4, -0.2) is 22.3 Å². The first kappa shape index (κ1) is 29.3. The normalized spacial score (nSPS) is 11.1. The summed E-state index contributed by atoms with van der Waals surface area (Å²) in [6.07, 6.45) is 3.60. The maximum atomic E-state index is 10.8. The second kappa shape index (κ2) is 14.1. The lowest BCUT2D eigenvalue weighted by molar-refractivity contribution is -0.385. The van der Waals surface area contributed by atoms with Crippen molar-refractivity contribution in [3.8, 4) is 23.0 Å². The molecule has 0 atom stereocenters. The lowest BCUT2D eigenvalue weighted by Gasteiger charge is -2.05. The van der Waals surface area contributed by atoms with Crippen molar-refractivity contribution in [1.82, 2.24) is 0 Å². The fourth-order valence-corrected chi connectivity index (χ4v) is 4.13. The topological polar surface area (TPSA) is 129 Å². The molecule has 0 heterocycles. The highest BCUT2D eigenvalue weighted by Crippen LogP contribution is 2.25. The minimum absolute atomic E-state index is 0.0139. The first-order chi connectivity index (χ1) is 21.4. The second-order valence-corrected chi connectivity index (χ2v) is 9.60. The predicted octanol–water partition coefficient (Wildman–Crippen LogP) is 8.33. The van der Waals surface area contributed by atoms with E-state index in [0.717, 1.165) is 22.3 Å². The molecule has 0 radical (unpaired) electrons. The Morgan fingerprint density at radius 3 is 1.20 bits per heavy atom. The van der Waals surface area contributed by atoms with E-state index in [2.05, 4.69) is 16.1 Å². The van der Waals surface area contributed by atoms with E-state index < -0.39 is 9.85 Å². The Morgan fingerprint density at radius 1 is 0.523 bits per heavy atom. The molecule has 0 N–H and O–H groups in total. The first-order valence-electron chi connectivity index (χ1n) is 13.5. The van der Waals surface area contributed by atoms with Gasteiger partial charge in [-0.05, 0) is 95.1 Å². The molecule has 0 spiro atoms. The number of nitro benzene ring substituents is 2. The van der Waals surface area contributed by atoms with E-state index in [1.165, 1.54) is 24.3 Å². The highest BCUT2D eigenvalue weighted by atomic mass is 16.6. The number of nitrogens with zero attached hydrogens (tertiary/aromatic N) is 4. The van der Waals surface area contributed by atoms with Crippen LogP contribution in [0.1, 0.15) is 22.3 Å². The zero-order chi connectivity index (χ0) is 30.7. The number of rotatable bonds is 12. The van der Waals surface area contributed by atoms with E-state index in [1.54, 1.807) is 36.7 Å². The van der Waals surface area contributed by atoms with E-state index >= 15 is 0 Å². The zero-order valence-electron chi connectivity index (χ0n) is 23.4. The molecular formula is C34H26N4O6. The molecule has 10 nitrogen and oxygen atoms in total. The highest BCUT2D eigenvalue weighted by Gasteiger charge is 2.06. The summed E-state index contributed by atoms with van der Waals surface area (Å²) in [5, 5.41) is 21.6. The fraction of sp³-hybridized carbons (Fsp3) is 0.0588. The summed E-state index contributed by atoms with van der Waals surface area (Å²) >= 11 is 0. The van der Waals surface area contributed by atoms with Crippen LogP contribution in [0.4, 0.5) is 11.4 Å². The van der Waals surface area contributed by atoms with Gasteiger partial charge in [0.25, 0.3) is 11.4 Å². The van der Waals surface area contributed by atoms with Crippen LogP contribution in [0.2, 0.25) is 0 Å². The van der Waals surface area contributed by atoms with Crippen LogP contribution in [0.5, 0.6) is 23.0 Å². The maximum Gasteiger partial charge on any atom is 0.269 e. The molecule has 5 aromatic carbocycles. The van der Waals surface area contributed by atoms with Gasteiger partial charge in [-0.2, -0.15) is 0 Å². The van der Waals surface area contributed by atoms with Crippen molar-refractivity contribution in [3.63, 3.8) is 0 Å². The maximum absolute atomic E-state index is 10.8. The molecule has 0 aliphatic heterocycles. The Hall–Kier alpha value is -6.16. The van der Waals surface area contributed by atoms with Gasteiger partial charge in [0.15, 0.2) is 0 Å². The smallest absolute Gasteiger partial charge is 0.269 e. The summed E-state index contributed by atoms with van der Waals surface area (Å²) in [6.45, 7) is 1.05. The number of non-ortho nitro benzene ring substituents is 2. The molecule has 0 bridgehead atoms. The van der Waals surface area contributed by atoms with E-state index in [9.17, 15) is 20.2 Å². The molecule has 5 rings (SSSR count). The molecule has 0 aliphatic carbocycles. The van der Waals surface area contributed by atoms with Crippen LogP contribution >= 0.6 is 0 Å². The molecule has 44 heavy (non-hydrogen) atoms. The van der Waals surface area contributed by atoms with Crippen molar-refractivity contribution in [3.05, 3.63) is 164 Å². The summed E-state index contributed by atoms with van der Waals surface area (Å²) in [4.78, 5) is 29.8. The van der Waals surface area contributed by atoms with Gasteiger partial charge < -0.3 is 9.47 Å². The van der Waals surface area contributed by atoms with Gasteiger partial charge in [0.2, 0.25) is 0 Å². The Bertz CT molecular complexity index is 1650. The lowest BCUT2D eigenvalue weighted by Crippen LogP contribution is -1.90. The van der Waals surface area contributed by atoms with Crippen molar-refractivity contribution in [1.29, 1.82) is 0 Å². The molecule has 0 aromatic heterocycles. The summed E-state index contributed by atoms with van der Waals surface area (Å²) < 4.78 is 11.5. The number of ether oxygens (including phenoxy) is 2. The predicted molar refractivity (Wildman–Crippen MR) is 168 cm³/mol. The minimum Gasteiger partial charge on any atom is -0.457 e. The van der Waals surface area contributed by atoms with Gasteiger partial charge in [0.1, 0.15) is 23.0 Å². The van der Waals surface area contributed by atoms with Crippen molar-refractivity contribution in [2.24, 2.45) is 9.98 Å². The summed E-state index contributed by atoms with van der Waals surface area (Å²) in [5.41, 5.74) is 4.01. The molecule has 0 amide bonds. The quantitative estimate of drug-likeness (QED) is 0.0821. The largest absolute Gasteiger partial charge is 0.457 e. The van der Waals surface area contributed by atoms with Crippen LogP contribution in [0.25, 0.3) is 0 Å². The SMILES string of the molecule is O=[N+]([O-])c1ccc(Oc2ccc(C=NCc3cccc(CN=Cc4ccc(Oc5ccc([N+](=O)[O-])cc5)cc4)c3)cc2)cc1. The molecule has 0 saturated carbocycles. The van der Waals surface area contributed by atoms with Crippen LogP contribution in [0.3, 0.4) is 0 Å². The van der Waals surface area contributed by atoms with Gasteiger partial charge in [-0.1, -0.05) is 24.3 Å². The van der Waals surface area contributed by atoms with E-state index in [0.29, 0.717) is 36.1 Å². The van der Waals surface area contributed by atoms with Crippen LogP contribution in [-0.2, 0) is 13.1 Å². The van der Waals surface area contributed by atoms with Gasteiger partial charge in [0.05, 0.1) is 22.9 Å². The average molecular weight is 587 g/mol. The molecule has 0 unspecified atom stereocenters. The van der Waals surface area contributed by atoms with Crippen molar-refractivity contribution in [2.45, 2.75) is 13.1 Å². The van der Waals surface area contributed by atoms with Gasteiger partial charge in [-0.15, -0.1) is 0 Å². The summed E-state index contributed by atoms with van der Waals surface area (Å²) in [5.74, 6) is 2.28. The van der Waals surface area contributed by atoms with Gasteiger partial charge in [0, 0.05) is 36.7 Å². The molecule has 218 valence electrons. The molecule has 10 heteroatoms. The minimum atomic E-state index is -0.448. The third-order valence-electron chi connectivity index (χ3n) is 6.35. The average Bonchev–Trinajstić information content (AvgIpc) is 3.03. The van der Waals surface area contributed by atoms with Gasteiger partial charge in [-0.3, -0.25) is 30.2 Å².